The molecule has 0 amide bonds. The van der Waals surface area contributed by atoms with E-state index in [0.717, 1.165) is 12.2 Å². The second-order valence-electron chi connectivity index (χ2n) is 4.47. The maximum Gasteiger partial charge on any atom is 0.0752 e. The van der Waals surface area contributed by atoms with Crippen molar-refractivity contribution in [3.63, 3.8) is 0 Å². The number of nitrogens with two attached hydrogens (primary N) is 1. The lowest BCUT2D eigenvalue weighted by Gasteiger charge is -2.29. The first-order chi connectivity index (χ1) is 6.68. The molecule has 0 atom stereocenters. The summed E-state index contributed by atoms with van der Waals surface area (Å²) in [6.07, 6.45) is 4.95. The van der Waals surface area contributed by atoms with Gasteiger partial charge in [0.15, 0.2) is 0 Å². The van der Waals surface area contributed by atoms with Crippen LogP contribution in [0.4, 0.5) is 0 Å². The standard InChI is InChI=1S/C11H19N3/c1-9-7-10(2)14(13-9)11(8-12)5-3-4-6-11/h7H,3-6,8,12H2,1-2H3. The summed E-state index contributed by atoms with van der Waals surface area (Å²) in [7, 11) is 0. The summed E-state index contributed by atoms with van der Waals surface area (Å²) >= 11 is 0. The Morgan fingerprint density at radius 2 is 2.07 bits per heavy atom. The Morgan fingerprint density at radius 1 is 1.43 bits per heavy atom. The van der Waals surface area contributed by atoms with E-state index in [-0.39, 0.29) is 5.54 Å². The zero-order valence-electron chi connectivity index (χ0n) is 9.08. The summed E-state index contributed by atoms with van der Waals surface area (Å²) in [5.74, 6) is 0. The highest BCUT2D eigenvalue weighted by atomic mass is 15.3. The number of hydrogen-bond donors (Lipinski definition) is 1. The summed E-state index contributed by atoms with van der Waals surface area (Å²) < 4.78 is 2.16. The Kier molecular flexibility index (Phi) is 2.35. The van der Waals surface area contributed by atoms with Gasteiger partial charge in [0.05, 0.1) is 11.2 Å². The van der Waals surface area contributed by atoms with Crippen LogP contribution in [0.1, 0.15) is 37.1 Å². The Balaban J connectivity index is 2.40. The smallest absolute Gasteiger partial charge is 0.0752 e. The molecule has 1 aromatic heterocycles. The van der Waals surface area contributed by atoms with E-state index in [1.54, 1.807) is 0 Å². The van der Waals surface area contributed by atoms with Gasteiger partial charge in [-0.15, -0.1) is 0 Å². The highest BCUT2D eigenvalue weighted by Crippen LogP contribution is 2.36. The highest BCUT2D eigenvalue weighted by molar-refractivity contribution is 5.11. The average Bonchev–Trinajstić information content (AvgIpc) is 2.73. The normalized spacial score (nSPS) is 20.2. The number of aromatic nitrogens is 2. The van der Waals surface area contributed by atoms with Crippen molar-refractivity contribution in [2.24, 2.45) is 5.73 Å². The fourth-order valence-electron chi connectivity index (χ4n) is 2.64. The van der Waals surface area contributed by atoms with E-state index in [9.17, 15) is 0 Å². The lowest BCUT2D eigenvalue weighted by Crippen LogP contribution is -2.40. The molecule has 78 valence electrons. The molecule has 0 spiro atoms. The molecule has 1 saturated carbocycles. The van der Waals surface area contributed by atoms with Gasteiger partial charge in [-0.25, -0.2) is 0 Å². The average molecular weight is 193 g/mol. The second kappa shape index (κ2) is 3.39. The molecule has 2 N–H and O–H groups in total. The molecule has 1 heterocycles. The van der Waals surface area contributed by atoms with Crippen LogP contribution in [-0.4, -0.2) is 16.3 Å². The molecule has 0 saturated heterocycles. The molecule has 3 heteroatoms. The maximum absolute atomic E-state index is 5.92. The van der Waals surface area contributed by atoms with Gasteiger partial charge in [0.25, 0.3) is 0 Å². The van der Waals surface area contributed by atoms with Gasteiger partial charge >= 0.3 is 0 Å². The zero-order chi connectivity index (χ0) is 10.2. The number of hydrogen-bond acceptors (Lipinski definition) is 2. The summed E-state index contributed by atoms with van der Waals surface area (Å²) in [5.41, 5.74) is 8.39. The molecule has 1 aliphatic rings. The molecule has 0 aromatic carbocycles. The van der Waals surface area contributed by atoms with E-state index in [1.807, 2.05) is 6.92 Å². The molecule has 1 aromatic rings. The Morgan fingerprint density at radius 3 is 2.50 bits per heavy atom. The minimum absolute atomic E-state index is 0.123. The first kappa shape index (κ1) is 9.71. The molecule has 1 aliphatic carbocycles. The SMILES string of the molecule is Cc1cc(C)n(C2(CN)CCCC2)n1. The van der Waals surface area contributed by atoms with Crippen LogP contribution in [0.15, 0.2) is 6.07 Å². The molecule has 0 aliphatic heterocycles. The van der Waals surface area contributed by atoms with Crippen LogP contribution < -0.4 is 5.73 Å². The van der Waals surface area contributed by atoms with Gasteiger partial charge in [-0.05, 0) is 32.8 Å². The molecule has 1 fully saturated rings. The van der Waals surface area contributed by atoms with E-state index >= 15 is 0 Å². The third-order valence-electron chi connectivity index (χ3n) is 3.37. The van der Waals surface area contributed by atoms with Crippen LogP contribution >= 0.6 is 0 Å². The van der Waals surface area contributed by atoms with E-state index in [1.165, 1.54) is 31.4 Å². The molecule has 14 heavy (non-hydrogen) atoms. The van der Waals surface area contributed by atoms with E-state index in [4.69, 9.17) is 5.73 Å². The van der Waals surface area contributed by atoms with Gasteiger partial charge in [-0.2, -0.15) is 5.10 Å². The van der Waals surface area contributed by atoms with Gasteiger partial charge in [0.1, 0.15) is 0 Å². The van der Waals surface area contributed by atoms with E-state index < -0.39 is 0 Å². The van der Waals surface area contributed by atoms with Gasteiger partial charge < -0.3 is 5.73 Å². The third kappa shape index (κ3) is 1.36. The van der Waals surface area contributed by atoms with Crippen molar-refractivity contribution in [2.45, 2.75) is 45.1 Å². The van der Waals surface area contributed by atoms with E-state index in [2.05, 4.69) is 22.8 Å². The molecule has 2 rings (SSSR count). The predicted molar refractivity (Wildman–Crippen MR) is 57.2 cm³/mol. The van der Waals surface area contributed by atoms with Crippen LogP contribution in [0, 0.1) is 13.8 Å². The summed E-state index contributed by atoms with van der Waals surface area (Å²) in [5, 5.41) is 4.57. The van der Waals surface area contributed by atoms with Gasteiger partial charge in [-0.3, -0.25) is 4.68 Å². The molecule has 3 nitrogen and oxygen atoms in total. The minimum Gasteiger partial charge on any atom is -0.328 e. The van der Waals surface area contributed by atoms with Crippen LogP contribution in [0.3, 0.4) is 0 Å². The maximum atomic E-state index is 5.92. The zero-order valence-corrected chi connectivity index (χ0v) is 9.08. The molecule has 0 bridgehead atoms. The minimum atomic E-state index is 0.123. The van der Waals surface area contributed by atoms with Crippen LogP contribution in [0.25, 0.3) is 0 Å². The first-order valence-electron chi connectivity index (χ1n) is 5.42. The van der Waals surface area contributed by atoms with Gasteiger partial charge in [0.2, 0.25) is 0 Å². The Hall–Kier alpha value is -0.830. The monoisotopic (exact) mass is 193 g/mol. The number of rotatable bonds is 2. The molecular formula is C11H19N3. The fourth-order valence-corrected chi connectivity index (χ4v) is 2.64. The van der Waals surface area contributed by atoms with Crippen LogP contribution in [0.2, 0.25) is 0 Å². The molecular weight excluding hydrogens is 174 g/mol. The highest BCUT2D eigenvalue weighted by Gasteiger charge is 2.35. The lowest BCUT2D eigenvalue weighted by atomic mass is 9.98. The van der Waals surface area contributed by atoms with Crippen molar-refractivity contribution >= 4 is 0 Å². The van der Waals surface area contributed by atoms with Crippen molar-refractivity contribution in [3.8, 4) is 0 Å². The predicted octanol–water partition coefficient (Wildman–Crippen LogP) is 1.73. The first-order valence-corrected chi connectivity index (χ1v) is 5.42. The lowest BCUT2D eigenvalue weighted by molar-refractivity contribution is 0.267. The van der Waals surface area contributed by atoms with Gasteiger partial charge in [-0.1, -0.05) is 12.8 Å². The quantitative estimate of drug-likeness (QED) is 0.777. The van der Waals surface area contributed by atoms with Gasteiger partial charge in [0, 0.05) is 12.2 Å². The van der Waals surface area contributed by atoms with E-state index in [0.29, 0.717) is 0 Å². The second-order valence-corrected chi connectivity index (χ2v) is 4.47. The molecule has 0 unspecified atom stereocenters. The van der Waals surface area contributed by atoms with Crippen LogP contribution in [0.5, 0.6) is 0 Å². The summed E-state index contributed by atoms with van der Waals surface area (Å²) in [4.78, 5) is 0. The van der Waals surface area contributed by atoms with Crippen molar-refractivity contribution in [1.29, 1.82) is 0 Å². The van der Waals surface area contributed by atoms with Crippen LogP contribution in [-0.2, 0) is 5.54 Å². The molecule has 0 radical (unpaired) electrons. The van der Waals surface area contributed by atoms with Crippen molar-refractivity contribution < 1.29 is 0 Å². The fraction of sp³-hybridized carbons (Fsp3) is 0.727. The summed E-state index contributed by atoms with van der Waals surface area (Å²) in [6.45, 7) is 4.88. The van der Waals surface area contributed by atoms with Crippen molar-refractivity contribution in [1.82, 2.24) is 9.78 Å². The summed E-state index contributed by atoms with van der Waals surface area (Å²) in [6, 6.07) is 2.13. The van der Waals surface area contributed by atoms with Crippen molar-refractivity contribution in [3.05, 3.63) is 17.5 Å². The number of aryl methyl sites for hydroxylation is 2. The Labute approximate surface area is 85.3 Å². The van der Waals surface area contributed by atoms with Crippen molar-refractivity contribution in [2.75, 3.05) is 6.54 Å². The number of nitrogens with zero attached hydrogens (tertiary/aromatic N) is 2. The Bertz CT molecular complexity index is 321. The largest absolute Gasteiger partial charge is 0.328 e. The topological polar surface area (TPSA) is 43.8 Å². The third-order valence-corrected chi connectivity index (χ3v) is 3.37.